The molecule has 0 aliphatic carbocycles. The predicted octanol–water partition coefficient (Wildman–Crippen LogP) is 2.72. The van der Waals surface area contributed by atoms with Crippen LogP contribution in [-0.4, -0.2) is 16.5 Å². The van der Waals surface area contributed by atoms with Gasteiger partial charge in [0.2, 0.25) is 5.88 Å². The Morgan fingerprint density at radius 2 is 2.00 bits per heavy atom. The molecule has 0 amide bonds. The molecule has 0 radical (unpaired) electrons. The van der Waals surface area contributed by atoms with E-state index in [2.05, 4.69) is 9.72 Å². The van der Waals surface area contributed by atoms with Crippen LogP contribution in [0.5, 0.6) is 5.88 Å². The van der Waals surface area contributed by atoms with Crippen molar-refractivity contribution in [3.05, 3.63) is 22.9 Å². The van der Waals surface area contributed by atoms with Gasteiger partial charge >= 0.3 is 6.36 Å². The minimum Gasteiger partial charge on any atom is -0.391 e. The van der Waals surface area contributed by atoms with Crippen molar-refractivity contribution < 1.29 is 31.8 Å². The van der Waals surface area contributed by atoms with Gasteiger partial charge in [0.05, 0.1) is 6.61 Å². The third-order valence-corrected chi connectivity index (χ3v) is 1.97. The summed E-state index contributed by atoms with van der Waals surface area (Å²) in [4.78, 5) is 3.24. The largest absolute Gasteiger partial charge is 0.574 e. The van der Waals surface area contributed by atoms with Crippen LogP contribution >= 0.6 is 0 Å². The van der Waals surface area contributed by atoms with Crippen LogP contribution in [0.15, 0.2) is 6.20 Å². The standard InChI is InChI=1S/C9H8F5NO2/c1-4-2-15-8(17-9(12,13)14)5(3-16)6(4)7(10)11/h2,7,16H,3H2,1H3. The summed E-state index contributed by atoms with van der Waals surface area (Å²) in [6.45, 7) is 0.241. The number of aliphatic hydroxyl groups is 1. The van der Waals surface area contributed by atoms with Crippen LogP contribution in [0.3, 0.4) is 0 Å². The Labute approximate surface area is 92.8 Å². The summed E-state index contributed by atoms with van der Waals surface area (Å²) in [5, 5.41) is 8.85. The fourth-order valence-corrected chi connectivity index (χ4v) is 1.31. The Morgan fingerprint density at radius 3 is 2.41 bits per heavy atom. The Bertz CT molecular complexity index is 405. The number of aryl methyl sites for hydroxylation is 1. The lowest BCUT2D eigenvalue weighted by Crippen LogP contribution is -2.20. The molecule has 17 heavy (non-hydrogen) atoms. The van der Waals surface area contributed by atoms with Crippen molar-refractivity contribution in [2.75, 3.05) is 0 Å². The van der Waals surface area contributed by atoms with E-state index in [4.69, 9.17) is 5.11 Å². The van der Waals surface area contributed by atoms with Crippen LogP contribution in [0.2, 0.25) is 0 Å². The van der Waals surface area contributed by atoms with E-state index in [1.54, 1.807) is 0 Å². The highest BCUT2D eigenvalue weighted by molar-refractivity contribution is 5.39. The molecule has 0 unspecified atom stereocenters. The minimum atomic E-state index is -5.05. The first-order chi connectivity index (χ1) is 7.76. The van der Waals surface area contributed by atoms with Gasteiger partial charge in [-0.3, -0.25) is 0 Å². The summed E-state index contributed by atoms with van der Waals surface area (Å²) < 4.78 is 64.6. The molecule has 0 saturated heterocycles. The number of alkyl halides is 5. The van der Waals surface area contributed by atoms with Crippen molar-refractivity contribution >= 4 is 0 Å². The van der Waals surface area contributed by atoms with Crippen LogP contribution in [0.4, 0.5) is 22.0 Å². The number of halogens is 5. The summed E-state index contributed by atoms with van der Waals surface area (Å²) in [5.41, 5.74) is -1.36. The molecule has 96 valence electrons. The van der Waals surface area contributed by atoms with Crippen LogP contribution in [0, 0.1) is 6.92 Å². The molecule has 0 atom stereocenters. The number of ether oxygens (including phenoxy) is 1. The normalized spacial score (nSPS) is 12.0. The first-order valence-corrected chi connectivity index (χ1v) is 4.39. The molecule has 0 spiro atoms. The molecule has 0 bridgehead atoms. The maximum atomic E-state index is 12.6. The molecule has 0 aromatic carbocycles. The van der Waals surface area contributed by atoms with E-state index in [9.17, 15) is 22.0 Å². The van der Waals surface area contributed by atoms with Crippen molar-refractivity contribution in [2.24, 2.45) is 0 Å². The van der Waals surface area contributed by atoms with Crippen molar-refractivity contribution in [3.63, 3.8) is 0 Å². The minimum absolute atomic E-state index is 0.0152. The molecule has 0 fully saturated rings. The van der Waals surface area contributed by atoms with Crippen molar-refractivity contribution in [1.29, 1.82) is 0 Å². The van der Waals surface area contributed by atoms with E-state index in [1.165, 1.54) is 6.92 Å². The number of aliphatic hydroxyl groups excluding tert-OH is 1. The van der Waals surface area contributed by atoms with Crippen LogP contribution < -0.4 is 4.74 Å². The highest BCUT2D eigenvalue weighted by Crippen LogP contribution is 2.33. The summed E-state index contributed by atoms with van der Waals surface area (Å²) >= 11 is 0. The Morgan fingerprint density at radius 1 is 1.41 bits per heavy atom. The SMILES string of the molecule is Cc1cnc(OC(F)(F)F)c(CO)c1C(F)F. The fraction of sp³-hybridized carbons (Fsp3) is 0.444. The molecule has 1 aromatic rings. The van der Waals surface area contributed by atoms with E-state index in [0.29, 0.717) is 0 Å². The lowest BCUT2D eigenvalue weighted by molar-refractivity contribution is -0.276. The fourth-order valence-electron chi connectivity index (χ4n) is 1.31. The average molecular weight is 257 g/mol. The zero-order chi connectivity index (χ0) is 13.2. The molecule has 1 N–H and O–H groups in total. The molecule has 1 heterocycles. The van der Waals surface area contributed by atoms with Crippen LogP contribution in [0.25, 0.3) is 0 Å². The van der Waals surface area contributed by atoms with Gasteiger partial charge < -0.3 is 9.84 Å². The van der Waals surface area contributed by atoms with Gasteiger partial charge in [-0.2, -0.15) is 0 Å². The third-order valence-electron chi connectivity index (χ3n) is 1.97. The first kappa shape index (κ1) is 13.6. The lowest BCUT2D eigenvalue weighted by Gasteiger charge is -2.15. The summed E-state index contributed by atoms with van der Waals surface area (Å²) in [6.07, 6.45) is -7.23. The molecular formula is C9H8F5NO2. The Kier molecular flexibility index (Phi) is 3.87. The van der Waals surface area contributed by atoms with Gasteiger partial charge in [0.1, 0.15) is 0 Å². The molecule has 0 aliphatic rings. The van der Waals surface area contributed by atoms with Gasteiger partial charge in [0.15, 0.2) is 0 Å². The molecule has 0 saturated carbocycles. The van der Waals surface area contributed by atoms with Gasteiger partial charge in [-0.05, 0) is 12.5 Å². The second-order valence-electron chi connectivity index (χ2n) is 3.15. The van der Waals surface area contributed by atoms with Crippen LogP contribution in [0.1, 0.15) is 23.1 Å². The van der Waals surface area contributed by atoms with E-state index >= 15 is 0 Å². The quantitative estimate of drug-likeness (QED) is 0.846. The molecular weight excluding hydrogens is 249 g/mol. The maximum absolute atomic E-state index is 12.6. The van der Waals surface area contributed by atoms with Crippen molar-refractivity contribution in [3.8, 4) is 5.88 Å². The van der Waals surface area contributed by atoms with Gasteiger partial charge in [0, 0.05) is 17.3 Å². The van der Waals surface area contributed by atoms with E-state index in [1.807, 2.05) is 0 Å². The maximum Gasteiger partial charge on any atom is 0.574 e. The number of aromatic nitrogens is 1. The second kappa shape index (κ2) is 4.82. The van der Waals surface area contributed by atoms with Gasteiger partial charge in [-0.25, -0.2) is 13.8 Å². The monoisotopic (exact) mass is 257 g/mol. The highest BCUT2D eigenvalue weighted by atomic mass is 19.4. The average Bonchev–Trinajstić information content (AvgIpc) is 2.17. The topological polar surface area (TPSA) is 42.4 Å². The number of hydrogen-bond donors (Lipinski definition) is 1. The van der Waals surface area contributed by atoms with Crippen molar-refractivity contribution in [1.82, 2.24) is 4.98 Å². The summed E-state index contributed by atoms with van der Waals surface area (Å²) in [5.74, 6) is -1.05. The molecule has 1 aromatic heterocycles. The first-order valence-electron chi connectivity index (χ1n) is 4.39. The van der Waals surface area contributed by atoms with Crippen LogP contribution in [-0.2, 0) is 6.61 Å². The van der Waals surface area contributed by atoms with Gasteiger partial charge in [-0.15, -0.1) is 13.2 Å². The number of hydrogen-bond acceptors (Lipinski definition) is 3. The predicted molar refractivity (Wildman–Crippen MR) is 46.5 cm³/mol. The Balaban J connectivity index is 3.28. The van der Waals surface area contributed by atoms with E-state index in [-0.39, 0.29) is 5.56 Å². The smallest absolute Gasteiger partial charge is 0.391 e. The second-order valence-corrected chi connectivity index (χ2v) is 3.15. The molecule has 1 rings (SSSR count). The summed E-state index contributed by atoms with van der Waals surface area (Å²) in [7, 11) is 0. The van der Waals surface area contributed by atoms with Gasteiger partial charge in [0.25, 0.3) is 6.43 Å². The molecule has 8 heteroatoms. The summed E-state index contributed by atoms with van der Waals surface area (Å²) in [6, 6.07) is 0. The van der Waals surface area contributed by atoms with E-state index < -0.39 is 36.4 Å². The third kappa shape index (κ3) is 3.26. The van der Waals surface area contributed by atoms with Gasteiger partial charge in [-0.1, -0.05) is 0 Å². The Hall–Kier alpha value is -1.44. The molecule has 0 aliphatic heterocycles. The number of rotatable bonds is 3. The number of nitrogens with zero attached hydrogens (tertiary/aromatic N) is 1. The van der Waals surface area contributed by atoms with E-state index in [0.717, 1.165) is 6.20 Å². The zero-order valence-corrected chi connectivity index (χ0v) is 8.55. The molecule has 3 nitrogen and oxygen atoms in total. The number of pyridine rings is 1. The highest BCUT2D eigenvalue weighted by Gasteiger charge is 2.34. The zero-order valence-electron chi connectivity index (χ0n) is 8.55. The lowest BCUT2D eigenvalue weighted by atomic mass is 10.1. The van der Waals surface area contributed by atoms with Crippen molar-refractivity contribution in [2.45, 2.75) is 26.3 Å².